The maximum atomic E-state index is 12.7. The molecule has 9 heteroatoms. The van der Waals surface area contributed by atoms with E-state index in [1.165, 1.54) is 18.2 Å². The lowest BCUT2D eigenvalue weighted by Gasteiger charge is -2.21. The maximum absolute atomic E-state index is 12.7. The summed E-state index contributed by atoms with van der Waals surface area (Å²) in [6.45, 7) is 1.11. The summed E-state index contributed by atoms with van der Waals surface area (Å²) in [7, 11) is -3.90. The average molecular weight is 414 g/mol. The first-order valence-corrected chi connectivity index (χ1v) is 10.8. The van der Waals surface area contributed by atoms with Crippen molar-refractivity contribution < 1.29 is 27.5 Å². The lowest BCUT2D eigenvalue weighted by atomic mass is 10.1. The van der Waals surface area contributed by atoms with Crippen molar-refractivity contribution in [1.82, 2.24) is 9.62 Å². The van der Waals surface area contributed by atoms with E-state index in [0.29, 0.717) is 37.6 Å². The zero-order chi connectivity index (χ0) is 20.2. The van der Waals surface area contributed by atoms with Crippen LogP contribution in [0.1, 0.15) is 39.1 Å². The lowest BCUT2D eigenvalue weighted by Crippen LogP contribution is -2.32. The Labute approximate surface area is 167 Å². The van der Waals surface area contributed by atoms with Gasteiger partial charge in [0, 0.05) is 23.7 Å². The van der Waals surface area contributed by atoms with Gasteiger partial charge in [0.1, 0.15) is 18.1 Å². The summed E-state index contributed by atoms with van der Waals surface area (Å²) >= 11 is 0. The number of nitrogens with zero attached hydrogens (tertiary/aromatic N) is 1. The summed E-state index contributed by atoms with van der Waals surface area (Å²) in [6, 6.07) is 9.34. The molecule has 1 N–H and O–H groups in total. The van der Waals surface area contributed by atoms with E-state index in [1.54, 1.807) is 6.07 Å². The molecule has 5 rings (SSSR count). The fourth-order valence-corrected chi connectivity index (χ4v) is 5.45. The minimum atomic E-state index is -3.90. The normalized spacial score (nSPS) is 19.0. The van der Waals surface area contributed by atoms with Crippen LogP contribution in [0.2, 0.25) is 0 Å². The van der Waals surface area contributed by atoms with Crippen molar-refractivity contribution in [2.75, 3.05) is 13.2 Å². The molecule has 0 unspecified atom stereocenters. The molecule has 1 fully saturated rings. The molecule has 2 aromatic carbocycles. The van der Waals surface area contributed by atoms with Gasteiger partial charge in [-0.1, -0.05) is 12.1 Å². The van der Waals surface area contributed by atoms with E-state index in [9.17, 15) is 18.0 Å². The molecular formula is C20H18N2O6S. The number of para-hydroxylation sites is 1. The molecule has 0 radical (unpaired) electrons. The molecule has 29 heavy (non-hydrogen) atoms. The van der Waals surface area contributed by atoms with Gasteiger partial charge in [-0.2, -0.15) is 0 Å². The Morgan fingerprint density at radius 3 is 2.72 bits per heavy atom. The van der Waals surface area contributed by atoms with Crippen LogP contribution in [0.4, 0.5) is 0 Å². The number of carbonyl (C=O) groups excluding carboxylic acids is 2. The molecule has 2 amide bonds. The summed E-state index contributed by atoms with van der Waals surface area (Å²) in [5.74, 6) is 0.281. The van der Waals surface area contributed by atoms with E-state index >= 15 is 0 Å². The van der Waals surface area contributed by atoms with Crippen molar-refractivity contribution in [3.05, 3.63) is 53.1 Å². The molecule has 2 aliphatic heterocycles. The number of benzene rings is 2. The van der Waals surface area contributed by atoms with E-state index in [0.717, 1.165) is 9.87 Å². The number of sulfonamides is 1. The van der Waals surface area contributed by atoms with Gasteiger partial charge in [0.05, 0.1) is 5.56 Å². The van der Waals surface area contributed by atoms with Crippen LogP contribution in [0.25, 0.3) is 0 Å². The van der Waals surface area contributed by atoms with Crippen molar-refractivity contribution in [3.8, 4) is 11.5 Å². The highest BCUT2D eigenvalue weighted by Crippen LogP contribution is 2.39. The molecule has 1 aliphatic carbocycles. The molecule has 3 aliphatic rings. The van der Waals surface area contributed by atoms with Gasteiger partial charge in [-0.3, -0.25) is 9.59 Å². The molecule has 2 aromatic rings. The molecule has 150 valence electrons. The van der Waals surface area contributed by atoms with Gasteiger partial charge in [0.15, 0.2) is 11.5 Å². The van der Waals surface area contributed by atoms with Crippen LogP contribution in [-0.2, 0) is 16.6 Å². The van der Waals surface area contributed by atoms with Crippen molar-refractivity contribution in [1.29, 1.82) is 0 Å². The largest absolute Gasteiger partial charge is 0.486 e. The second kappa shape index (κ2) is 6.48. The summed E-state index contributed by atoms with van der Waals surface area (Å²) < 4.78 is 37.6. The number of hydrogen-bond donors (Lipinski definition) is 1. The molecule has 0 spiro atoms. The Morgan fingerprint density at radius 2 is 1.93 bits per heavy atom. The smallest absolute Gasteiger partial charge is 0.269 e. The standard InChI is InChI=1S/C20H18N2O6S/c23-19(21-11-13-2-1-3-16-18(13)28-9-8-27-16)12-4-7-15-17(10-12)29(25,26)22(20(15)24)14-5-6-14/h1-4,7,10,14H,5-6,8-9,11H2,(H,21,23). The zero-order valence-corrected chi connectivity index (χ0v) is 16.2. The summed E-state index contributed by atoms with van der Waals surface area (Å²) in [6.07, 6.45) is 1.36. The van der Waals surface area contributed by atoms with Gasteiger partial charge >= 0.3 is 0 Å². The molecule has 1 saturated carbocycles. The highest BCUT2D eigenvalue weighted by molar-refractivity contribution is 7.90. The minimum Gasteiger partial charge on any atom is -0.486 e. The van der Waals surface area contributed by atoms with Crippen LogP contribution in [0, 0.1) is 0 Å². The van der Waals surface area contributed by atoms with Crippen molar-refractivity contribution in [2.45, 2.75) is 30.3 Å². The van der Waals surface area contributed by atoms with Crippen LogP contribution < -0.4 is 14.8 Å². The van der Waals surface area contributed by atoms with E-state index in [1.807, 2.05) is 12.1 Å². The number of fused-ring (bicyclic) bond motifs is 2. The number of ether oxygens (including phenoxy) is 2. The van der Waals surface area contributed by atoms with Gasteiger partial charge in [-0.25, -0.2) is 12.7 Å². The Morgan fingerprint density at radius 1 is 1.14 bits per heavy atom. The fourth-order valence-electron chi connectivity index (χ4n) is 3.61. The zero-order valence-electron chi connectivity index (χ0n) is 15.4. The summed E-state index contributed by atoms with van der Waals surface area (Å²) in [4.78, 5) is 25.0. The number of nitrogens with one attached hydrogen (secondary N) is 1. The Hall–Kier alpha value is -3.07. The van der Waals surface area contributed by atoms with Crippen molar-refractivity contribution in [3.63, 3.8) is 0 Å². The Kier molecular flexibility index (Phi) is 4.02. The van der Waals surface area contributed by atoms with Gasteiger partial charge in [-0.15, -0.1) is 0 Å². The number of amides is 2. The van der Waals surface area contributed by atoms with Gasteiger partial charge < -0.3 is 14.8 Å². The molecule has 0 saturated heterocycles. The third kappa shape index (κ3) is 2.93. The first kappa shape index (κ1) is 18.0. The fraction of sp³-hybridized carbons (Fsp3) is 0.300. The van der Waals surface area contributed by atoms with Gasteiger partial charge in [0.2, 0.25) is 0 Å². The van der Waals surface area contributed by atoms with Gasteiger partial charge in [0.25, 0.3) is 21.8 Å². The quantitative estimate of drug-likeness (QED) is 0.817. The van der Waals surface area contributed by atoms with E-state index < -0.39 is 21.8 Å². The van der Waals surface area contributed by atoms with E-state index in [2.05, 4.69) is 5.32 Å². The molecule has 2 heterocycles. The van der Waals surface area contributed by atoms with E-state index in [4.69, 9.17) is 9.47 Å². The summed E-state index contributed by atoms with van der Waals surface area (Å²) in [5.41, 5.74) is 1.07. The third-order valence-electron chi connectivity index (χ3n) is 5.18. The highest BCUT2D eigenvalue weighted by atomic mass is 32.2. The Bertz CT molecular complexity index is 1140. The van der Waals surface area contributed by atoms with Crippen LogP contribution in [0.3, 0.4) is 0 Å². The molecule has 0 atom stereocenters. The van der Waals surface area contributed by atoms with Crippen molar-refractivity contribution in [2.24, 2.45) is 0 Å². The second-order valence-corrected chi connectivity index (χ2v) is 8.96. The lowest BCUT2D eigenvalue weighted by molar-refractivity contribution is 0.0863. The first-order valence-electron chi connectivity index (χ1n) is 9.35. The number of hydrogen-bond acceptors (Lipinski definition) is 6. The minimum absolute atomic E-state index is 0.101. The van der Waals surface area contributed by atoms with Crippen LogP contribution in [0.5, 0.6) is 11.5 Å². The SMILES string of the molecule is O=C(NCc1cccc2c1OCCO2)c1ccc2c(c1)S(=O)(=O)N(C1CC1)C2=O. The molecule has 0 aromatic heterocycles. The summed E-state index contributed by atoms with van der Waals surface area (Å²) in [5, 5.41) is 2.77. The van der Waals surface area contributed by atoms with Gasteiger partial charge in [-0.05, 0) is 37.1 Å². The Balaban J connectivity index is 1.37. The molecule has 8 nitrogen and oxygen atoms in total. The highest BCUT2D eigenvalue weighted by Gasteiger charge is 2.48. The van der Waals surface area contributed by atoms with Crippen LogP contribution >= 0.6 is 0 Å². The monoisotopic (exact) mass is 414 g/mol. The molecule has 0 bridgehead atoms. The van der Waals surface area contributed by atoms with E-state index in [-0.39, 0.29) is 28.6 Å². The van der Waals surface area contributed by atoms with Crippen LogP contribution in [-0.4, -0.2) is 43.8 Å². The second-order valence-electron chi connectivity index (χ2n) is 7.17. The van der Waals surface area contributed by atoms with Crippen LogP contribution in [0.15, 0.2) is 41.3 Å². The molecular weight excluding hydrogens is 396 g/mol. The predicted octanol–water partition coefficient (Wildman–Crippen LogP) is 1.69. The number of rotatable bonds is 4. The number of carbonyl (C=O) groups is 2. The third-order valence-corrected chi connectivity index (χ3v) is 7.05. The topological polar surface area (TPSA) is 102 Å². The maximum Gasteiger partial charge on any atom is 0.269 e. The first-order chi connectivity index (χ1) is 14.0. The average Bonchev–Trinajstić information content (AvgIpc) is 3.53. The predicted molar refractivity (Wildman–Crippen MR) is 101 cm³/mol. The van der Waals surface area contributed by atoms with Crippen molar-refractivity contribution >= 4 is 21.8 Å².